The van der Waals surface area contributed by atoms with Crippen molar-refractivity contribution in [3.8, 4) is 5.75 Å². The van der Waals surface area contributed by atoms with E-state index in [0.717, 1.165) is 31.9 Å². The lowest BCUT2D eigenvalue weighted by Crippen LogP contribution is -2.34. The van der Waals surface area contributed by atoms with Crippen LogP contribution in [0, 0.1) is 5.41 Å². The molecule has 1 aliphatic rings. The fourth-order valence-electron chi connectivity index (χ4n) is 2.26. The molecular weight excluding hydrogens is 246 g/mol. The predicted octanol–water partition coefficient (Wildman–Crippen LogP) is 3.41. The highest BCUT2D eigenvalue weighted by atomic mass is 35.5. The van der Waals surface area contributed by atoms with E-state index >= 15 is 0 Å². The molecule has 0 fully saturated rings. The van der Waals surface area contributed by atoms with Gasteiger partial charge in [0.2, 0.25) is 0 Å². The average molecular weight is 268 g/mol. The van der Waals surface area contributed by atoms with Crippen LogP contribution in [0.5, 0.6) is 5.75 Å². The van der Waals surface area contributed by atoms with Crippen molar-refractivity contribution < 1.29 is 4.74 Å². The summed E-state index contributed by atoms with van der Waals surface area (Å²) in [5.74, 6) is 2.29. The molecule has 0 bridgehead atoms. The molecule has 0 aromatic heterocycles. The summed E-state index contributed by atoms with van der Waals surface area (Å²) < 4.78 is 5.67. The van der Waals surface area contributed by atoms with Crippen molar-refractivity contribution in [2.45, 2.75) is 26.2 Å². The first-order chi connectivity index (χ1) is 8.62. The number of alkyl halides is 1. The fourth-order valence-corrected chi connectivity index (χ4v) is 2.35. The first-order valence-corrected chi connectivity index (χ1v) is 7.14. The minimum Gasteiger partial charge on any atom is -0.493 e. The Morgan fingerprint density at radius 3 is 2.94 bits per heavy atom. The lowest BCUT2D eigenvalue weighted by molar-refractivity contribution is 0.261. The first-order valence-electron chi connectivity index (χ1n) is 6.61. The number of hydrogen-bond acceptors (Lipinski definition) is 2. The second-order valence-corrected chi connectivity index (χ2v) is 6.07. The van der Waals surface area contributed by atoms with Gasteiger partial charge in [-0.1, -0.05) is 32.0 Å². The van der Waals surface area contributed by atoms with Gasteiger partial charge in [-0.05, 0) is 23.5 Å². The molecule has 0 saturated heterocycles. The maximum atomic E-state index is 5.94. The SMILES string of the molecule is CC(C)(CCl)CNCC1CCOc2ccccc21. The van der Waals surface area contributed by atoms with Crippen LogP contribution >= 0.6 is 11.6 Å². The van der Waals surface area contributed by atoms with Gasteiger partial charge in [0, 0.05) is 24.9 Å². The molecule has 1 aromatic rings. The van der Waals surface area contributed by atoms with E-state index in [1.54, 1.807) is 0 Å². The van der Waals surface area contributed by atoms with Gasteiger partial charge in [0.15, 0.2) is 0 Å². The minimum atomic E-state index is 0.159. The standard InChI is InChI=1S/C15H22ClNO/c1-15(2,10-16)11-17-9-12-7-8-18-14-6-4-3-5-13(12)14/h3-6,12,17H,7-11H2,1-2H3. The van der Waals surface area contributed by atoms with Crippen LogP contribution < -0.4 is 10.1 Å². The van der Waals surface area contributed by atoms with Gasteiger partial charge in [0.1, 0.15) is 5.75 Å². The molecule has 1 aliphatic heterocycles. The fraction of sp³-hybridized carbons (Fsp3) is 0.600. The Hall–Kier alpha value is -0.730. The summed E-state index contributed by atoms with van der Waals surface area (Å²) in [4.78, 5) is 0. The van der Waals surface area contributed by atoms with Crippen molar-refractivity contribution in [1.82, 2.24) is 5.32 Å². The van der Waals surface area contributed by atoms with Crippen molar-refractivity contribution in [1.29, 1.82) is 0 Å². The zero-order chi connectivity index (χ0) is 13.0. The number of ether oxygens (including phenoxy) is 1. The molecule has 2 nitrogen and oxygen atoms in total. The Morgan fingerprint density at radius 1 is 1.39 bits per heavy atom. The van der Waals surface area contributed by atoms with Gasteiger partial charge in [-0.25, -0.2) is 0 Å². The van der Waals surface area contributed by atoms with Crippen molar-refractivity contribution in [3.05, 3.63) is 29.8 Å². The molecule has 18 heavy (non-hydrogen) atoms. The van der Waals surface area contributed by atoms with Crippen LogP contribution in [0.4, 0.5) is 0 Å². The Bertz CT molecular complexity index is 392. The zero-order valence-corrected chi connectivity index (χ0v) is 12.0. The monoisotopic (exact) mass is 267 g/mol. The maximum Gasteiger partial charge on any atom is 0.122 e. The van der Waals surface area contributed by atoms with E-state index in [1.165, 1.54) is 5.56 Å². The van der Waals surface area contributed by atoms with Crippen LogP contribution in [-0.2, 0) is 0 Å². The van der Waals surface area contributed by atoms with Crippen LogP contribution in [0.15, 0.2) is 24.3 Å². The minimum absolute atomic E-state index is 0.159. The van der Waals surface area contributed by atoms with Gasteiger partial charge in [-0.3, -0.25) is 0 Å². The van der Waals surface area contributed by atoms with Crippen LogP contribution in [-0.4, -0.2) is 25.6 Å². The smallest absolute Gasteiger partial charge is 0.122 e. The number of benzene rings is 1. The number of rotatable bonds is 5. The lowest BCUT2D eigenvalue weighted by Gasteiger charge is -2.28. The van der Waals surface area contributed by atoms with Crippen LogP contribution in [0.25, 0.3) is 0 Å². The first kappa shape index (κ1) is 13.7. The summed E-state index contributed by atoms with van der Waals surface area (Å²) in [6, 6.07) is 8.35. The molecule has 100 valence electrons. The summed E-state index contributed by atoms with van der Waals surface area (Å²) in [6.45, 7) is 7.15. The molecule has 2 rings (SSSR count). The zero-order valence-electron chi connectivity index (χ0n) is 11.2. The molecule has 0 saturated carbocycles. The number of nitrogens with one attached hydrogen (secondary N) is 1. The Kier molecular flexibility index (Phi) is 4.52. The second-order valence-electron chi connectivity index (χ2n) is 5.80. The Morgan fingerprint density at radius 2 is 2.17 bits per heavy atom. The van der Waals surface area contributed by atoms with Gasteiger partial charge in [-0.2, -0.15) is 0 Å². The third-order valence-corrected chi connectivity index (χ3v) is 4.16. The predicted molar refractivity (Wildman–Crippen MR) is 76.7 cm³/mol. The van der Waals surface area contributed by atoms with E-state index in [9.17, 15) is 0 Å². The van der Waals surface area contributed by atoms with E-state index in [2.05, 4.69) is 37.4 Å². The van der Waals surface area contributed by atoms with Gasteiger partial charge >= 0.3 is 0 Å². The highest BCUT2D eigenvalue weighted by molar-refractivity contribution is 6.18. The Labute approximate surface area is 115 Å². The molecule has 0 spiro atoms. The highest BCUT2D eigenvalue weighted by Gasteiger charge is 2.22. The molecule has 1 heterocycles. The molecule has 0 aliphatic carbocycles. The molecule has 3 heteroatoms. The molecule has 1 atom stereocenters. The number of fused-ring (bicyclic) bond motifs is 1. The van der Waals surface area contributed by atoms with Gasteiger partial charge in [0.05, 0.1) is 6.61 Å². The van der Waals surface area contributed by atoms with Crippen LogP contribution in [0.1, 0.15) is 31.7 Å². The molecule has 1 N–H and O–H groups in total. The third-order valence-electron chi connectivity index (χ3n) is 3.44. The number of para-hydroxylation sites is 1. The van der Waals surface area contributed by atoms with Crippen molar-refractivity contribution in [2.24, 2.45) is 5.41 Å². The molecule has 1 aromatic carbocycles. The van der Waals surface area contributed by atoms with E-state index in [-0.39, 0.29) is 5.41 Å². The lowest BCUT2D eigenvalue weighted by atomic mass is 9.92. The normalized spacial score (nSPS) is 19.2. The summed E-state index contributed by atoms with van der Waals surface area (Å²) in [5, 5.41) is 3.55. The number of halogens is 1. The third kappa shape index (κ3) is 3.39. The Balaban J connectivity index is 1.92. The summed E-state index contributed by atoms with van der Waals surface area (Å²) >= 11 is 5.94. The molecule has 0 amide bonds. The molecule has 0 radical (unpaired) electrons. The van der Waals surface area contributed by atoms with Gasteiger partial charge in [0.25, 0.3) is 0 Å². The molecule has 1 unspecified atom stereocenters. The maximum absolute atomic E-state index is 5.94. The summed E-state index contributed by atoms with van der Waals surface area (Å²) in [7, 11) is 0. The van der Waals surface area contributed by atoms with Crippen molar-refractivity contribution in [2.75, 3.05) is 25.6 Å². The largest absolute Gasteiger partial charge is 0.493 e. The van der Waals surface area contributed by atoms with E-state index in [4.69, 9.17) is 16.3 Å². The van der Waals surface area contributed by atoms with Gasteiger partial charge < -0.3 is 10.1 Å². The van der Waals surface area contributed by atoms with Crippen LogP contribution in [0.2, 0.25) is 0 Å². The topological polar surface area (TPSA) is 21.3 Å². The molecular formula is C15H22ClNO. The second kappa shape index (κ2) is 5.94. The van der Waals surface area contributed by atoms with Crippen LogP contribution in [0.3, 0.4) is 0 Å². The van der Waals surface area contributed by atoms with E-state index < -0.39 is 0 Å². The van der Waals surface area contributed by atoms with E-state index in [1.807, 2.05) is 6.07 Å². The summed E-state index contributed by atoms with van der Waals surface area (Å²) in [6.07, 6.45) is 1.09. The van der Waals surface area contributed by atoms with Gasteiger partial charge in [-0.15, -0.1) is 11.6 Å². The quantitative estimate of drug-likeness (QED) is 0.826. The summed E-state index contributed by atoms with van der Waals surface area (Å²) in [5.41, 5.74) is 1.49. The van der Waals surface area contributed by atoms with Crippen molar-refractivity contribution in [3.63, 3.8) is 0 Å². The average Bonchev–Trinajstić information content (AvgIpc) is 2.39. The highest BCUT2D eigenvalue weighted by Crippen LogP contribution is 2.32. The van der Waals surface area contributed by atoms with Crippen molar-refractivity contribution >= 4 is 11.6 Å². The van der Waals surface area contributed by atoms with E-state index in [0.29, 0.717) is 11.8 Å². The number of hydrogen-bond donors (Lipinski definition) is 1.